The van der Waals surface area contributed by atoms with Gasteiger partial charge in [0.1, 0.15) is 0 Å². The van der Waals surface area contributed by atoms with Gasteiger partial charge in [0.25, 0.3) is 0 Å². The Bertz CT molecular complexity index is 412. The van der Waals surface area contributed by atoms with Crippen molar-refractivity contribution in [2.75, 3.05) is 14.2 Å². The van der Waals surface area contributed by atoms with E-state index in [1.165, 1.54) is 31.4 Å². The van der Waals surface area contributed by atoms with Crippen LogP contribution < -0.4 is 10.1 Å². The van der Waals surface area contributed by atoms with Gasteiger partial charge in [-0.05, 0) is 57.4 Å². The molecule has 1 heterocycles. The number of aryl methyl sites for hydroxylation is 1. The van der Waals surface area contributed by atoms with Crippen LogP contribution in [0.1, 0.15) is 58.2 Å². The number of aromatic nitrogens is 2. The van der Waals surface area contributed by atoms with E-state index in [1.54, 1.807) is 7.11 Å². The zero-order valence-electron chi connectivity index (χ0n) is 14.2. The molecule has 1 aromatic heterocycles. The average molecular weight is 293 g/mol. The van der Waals surface area contributed by atoms with Crippen molar-refractivity contribution in [3.63, 3.8) is 0 Å². The summed E-state index contributed by atoms with van der Waals surface area (Å²) in [5.74, 6) is 3.31. The first-order chi connectivity index (χ1) is 10.1. The number of ether oxygens (including phenoxy) is 1. The van der Waals surface area contributed by atoms with E-state index in [4.69, 9.17) is 4.74 Å². The second-order valence-corrected chi connectivity index (χ2v) is 6.60. The highest BCUT2D eigenvalue weighted by atomic mass is 16.5. The lowest BCUT2D eigenvalue weighted by Crippen LogP contribution is -2.31. The molecule has 1 fully saturated rings. The second kappa shape index (κ2) is 7.30. The summed E-state index contributed by atoms with van der Waals surface area (Å²) >= 11 is 0. The molecule has 1 N–H and O–H groups in total. The number of nitrogens with zero attached hydrogens (tertiary/aromatic N) is 2. The molecule has 0 radical (unpaired) electrons. The maximum Gasteiger partial charge on any atom is 0.161 e. The summed E-state index contributed by atoms with van der Waals surface area (Å²) in [6, 6.07) is 0.343. The Labute approximate surface area is 129 Å². The van der Waals surface area contributed by atoms with Crippen LogP contribution in [0.25, 0.3) is 0 Å². The first kappa shape index (κ1) is 16.3. The molecule has 0 saturated heterocycles. The van der Waals surface area contributed by atoms with Crippen molar-refractivity contribution < 1.29 is 4.74 Å². The quantitative estimate of drug-likeness (QED) is 0.870. The lowest BCUT2D eigenvalue weighted by Gasteiger charge is -2.35. The molecule has 1 unspecified atom stereocenters. The van der Waals surface area contributed by atoms with E-state index < -0.39 is 0 Å². The van der Waals surface area contributed by atoms with Crippen LogP contribution in [0.5, 0.6) is 5.75 Å². The van der Waals surface area contributed by atoms with Gasteiger partial charge in [-0.3, -0.25) is 4.68 Å². The summed E-state index contributed by atoms with van der Waals surface area (Å²) in [5.41, 5.74) is 1.22. The van der Waals surface area contributed by atoms with Crippen LogP contribution in [-0.4, -0.2) is 23.9 Å². The van der Waals surface area contributed by atoms with Crippen LogP contribution in [-0.2, 0) is 6.54 Å². The van der Waals surface area contributed by atoms with E-state index in [9.17, 15) is 0 Å². The molecular formula is C17H31N3O. The molecule has 4 heteroatoms. The highest BCUT2D eigenvalue weighted by Gasteiger charge is 2.32. The van der Waals surface area contributed by atoms with E-state index in [0.29, 0.717) is 12.0 Å². The highest BCUT2D eigenvalue weighted by molar-refractivity contribution is 5.29. The predicted molar refractivity (Wildman–Crippen MR) is 86.5 cm³/mol. The van der Waals surface area contributed by atoms with E-state index in [0.717, 1.165) is 24.1 Å². The number of nitrogens with one attached hydrogen (secondary N) is 1. The third-order valence-corrected chi connectivity index (χ3v) is 5.20. The Morgan fingerprint density at radius 1 is 1.29 bits per heavy atom. The van der Waals surface area contributed by atoms with E-state index >= 15 is 0 Å². The minimum atomic E-state index is 0.343. The zero-order valence-corrected chi connectivity index (χ0v) is 14.2. The Kier molecular flexibility index (Phi) is 5.68. The normalized spacial score (nSPS) is 24.3. The molecule has 0 amide bonds. The van der Waals surface area contributed by atoms with Crippen molar-refractivity contribution in [3.05, 3.63) is 11.9 Å². The molecule has 1 aromatic rings. The van der Waals surface area contributed by atoms with Crippen molar-refractivity contribution in [2.45, 2.75) is 59.0 Å². The molecule has 4 nitrogen and oxygen atoms in total. The molecular weight excluding hydrogens is 262 g/mol. The molecule has 0 aromatic carbocycles. The fraction of sp³-hybridized carbons (Fsp3) is 0.824. The van der Waals surface area contributed by atoms with Gasteiger partial charge in [0, 0.05) is 6.54 Å². The first-order valence-corrected chi connectivity index (χ1v) is 8.39. The Morgan fingerprint density at radius 3 is 2.38 bits per heavy atom. The molecule has 1 saturated carbocycles. The number of hydrogen-bond acceptors (Lipinski definition) is 3. The zero-order chi connectivity index (χ0) is 15.4. The summed E-state index contributed by atoms with van der Waals surface area (Å²) < 4.78 is 7.62. The summed E-state index contributed by atoms with van der Waals surface area (Å²) in [4.78, 5) is 0. The van der Waals surface area contributed by atoms with Crippen molar-refractivity contribution in [3.8, 4) is 5.75 Å². The van der Waals surface area contributed by atoms with Crippen LogP contribution in [0.2, 0.25) is 0 Å². The molecule has 1 aliphatic carbocycles. The number of rotatable bonds is 6. The predicted octanol–water partition coefficient (Wildman–Crippen LogP) is 3.63. The van der Waals surface area contributed by atoms with Gasteiger partial charge in [-0.1, -0.05) is 13.8 Å². The van der Waals surface area contributed by atoms with Gasteiger partial charge < -0.3 is 10.1 Å². The minimum absolute atomic E-state index is 0.343. The Morgan fingerprint density at radius 2 is 1.90 bits per heavy atom. The molecule has 2 rings (SSSR count). The van der Waals surface area contributed by atoms with Gasteiger partial charge in [0.05, 0.1) is 25.0 Å². The molecule has 0 aliphatic heterocycles. The van der Waals surface area contributed by atoms with Gasteiger partial charge in [0.2, 0.25) is 0 Å². The third-order valence-electron chi connectivity index (χ3n) is 5.20. The van der Waals surface area contributed by atoms with E-state index in [-0.39, 0.29) is 0 Å². The van der Waals surface area contributed by atoms with Crippen LogP contribution >= 0.6 is 0 Å². The van der Waals surface area contributed by atoms with Crippen LogP contribution in [0.15, 0.2) is 6.20 Å². The largest absolute Gasteiger partial charge is 0.493 e. The van der Waals surface area contributed by atoms with Crippen molar-refractivity contribution in [1.82, 2.24) is 15.1 Å². The topological polar surface area (TPSA) is 39.1 Å². The molecule has 120 valence electrons. The minimum Gasteiger partial charge on any atom is -0.493 e. The van der Waals surface area contributed by atoms with Gasteiger partial charge in [-0.15, -0.1) is 0 Å². The fourth-order valence-corrected chi connectivity index (χ4v) is 3.84. The lowest BCUT2D eigenvalue weighted by atomic mass is 9.74. The molecule has 1 aliphatic rings. The third kappa shape index (κ3) is 3.42. The van der Waals surface area contributed by atoms with Crippen LogP contribution in [0.4, 0.5) is 0 Å². The van der Waals surface area contributed by atoms with Crippen LogP contribution in [0.3, 0.4) is 0 Å². The standard InChI is InChI=1S/C17H31N3O/c1-6-20-17(15(21-5)11-19-20)16(18-4)14-9-7-13(8-10-14)12(2)3/h11-14,16,18H,6-10H2,1-5H3. The summed E-state index contributed by atoms with van der Waals surface area (Å²) in [5, 5.41) is 7.99. The summed E-state index contributed by atoms with van der Waals surface area (Å²) in [7, 11) is 3.80. The van der Waals surface area contributed by atoms with Gasteiger partial charge in [0.15, 0.2) is 5.75 Å². The SMILES string of the molecule is CCn1ncc(OC)c1C(NC)C1CCC(C(C)C)CC1. The fourth-order valence-electron chi connectivity index (χ4n) is 3.84. The van der Waals surface area contributed by atoms with Gasteiger partial charge >= 0.3 is 0 Å². The van der Waals surface area contributed by atoms with Crippen molar-refractivity contribution in [1.29, 1.82) is 0 Å². The number of hydrogen-bond donors (Lipinski definition) is 1. The Hall–Kier alpha value is -1.03. The average Bonchev–Trinajstić information content (AvgIpc) is 2.91. The van der Waals surface area contributed by atoms with Gasteiger partial charge in [-0.2, -0.15) is 5.10 Å². The smallest absolute Gasteiger partial charge is 0.161 e. The maximum atomic E-state index is 5.54. The first-order valence-electron chi connectivity index (χ1n) is 8.39. The van der Waals surface area contributed by atoms with E-state index in [2.05, 4.69) is 42.9 Å². The molecule has 0 spiro atoms. The lowest BCUT2D eigenvalue weighted by molar-refractivity contribution is 0.187. The summed E-state index contributed by atoms with van der Waals surface area (Å²) in [6.07, 6.45) is 7.15. The summed E-state index contributed by atoms with van der Waals surface area (Å²) in [6.45, 7) is 7.74. The monoisotopic (exact) mass is 293 g/mol. The maximum absolute atomic E-state index is 5.54. The van der Waals surface area contributed by atoms with Crippen LogP contribution in [0, 0.1) is 17.8 Å². The van der Waals surface area contributed by atoms with Crippen molar-refractivity contribution >= 4 is 0 Å². The Balaban J connectivity index is 2.15. The molecule has 0 bridgehead atoms. The molecule has 21 heavy (non-hydrogen) atoms. The second-order valence-electron chi connectivity index (χ2n) is 6.60. The van der Waals surface area contributed by atoms with E-state index in [1.807, 2.05) is 6.20 Å². The molecule has 1 atom stereocenters. The number of methoxy groups -OCH3 is 1. The highest BCUT2D eigenvalue weighted by Crippen LogP contribution is 2.41. The van der Waals surface area contributed by atoms with Crippen molar-refractivity contribution in [2.24, 2.45) is 17.8 Å². The van der Waals surface area contributed by atoms with Gasteiger partial charge in [-0.25, -0.2) is 0 Å².